The van der Waals surface area contributed by atoms with Crippen LogP contribution in [0.4, 0.5) is 4.79 Å². The Morgan fingerprint density at radius 3 is 1.50 bits per heavy atom. The molecule has 0 amide bonds. The monoisotopic (exact) mass is 296 g/mol. The van der Waals surface area contributed by atoms with E-state index in [1.54, 1.807) is 12.1 Å². The molecule has 0 saturated heterocycles. The lowest BCUT2D eigenvalue weighted by Crippen LogP contribution is -1.63. The Hall–Kier alpha value is -0.550. The van der Waals surface area contributed by atoms with Crippen LogP contribution in [-0.4, -0.2) is 13.8 Å². The molecule has 0 aliphatic carbocycles. The van der Waals surface area contributed by atoms with Crippen LogP contribution in [0.15, 0.2) is 24.3 Å². The van der Waals surface area contributed by atoms with Gasteiger partial charge < -0.3 is 10.2 Å². The molecule has 0 fully saturated rings. The average Bonchev–Trinajstić information content (AvgIpc) is 1.94. The summed E-state index contributed by atoms with van der Waals surface area (Å²) in [6.45, 7) is 0. The Morgan fingerprint density at radius 1 is 1.08 bits per heavy atom. The normalized spacial score (nSPS) is 8.17. The fourth-order valence-electron chi connectivity index (χ4n) is 0.464. The van der Waals surface area contributed by atoms with Gasteiger partial charge >= 0.3 is 0 Å². The van der Waals surface area contributed by atoms with Crippen molar-refractivity contribution in [3.05, 3.63) is 24.3 Å². The van der Waals surface area contributed by atoms with Gasteiger partial charge in [0.05, 0.1) is 0 Å². The Balaban J connectivity index is 0.000000261. The second-order valence-electron chi connectivity index (χ2n) is 1.71. The number of phenolic OH excluding ortho intramolecular Hbond substituents is 2. The van der Waals surface area contributed by atoms with Gasteiger partial charge in [-0.05, 0) is 12.1 Å². The summed E-state index contributed by atoms with van der Waals surface area (Å²) >= 11 is 5.10. The van der Waals surface area contributed by atoms with Crippen molar-refractivity contribution in [3.8, 4) is 11.5 Å². The lowest BCUT2D eigenvalue weighted by molar-refractivity contribution is 0.278. The second kappa shape index (κ2) is 6.02. The van der Waals surface area contributed by atoms with Crippen LogP contribution in [0.2, 0.25) is 0 Å². The molecular weight excluding hydrogens is 292 g/mol. The first-order valence-electron chi connectivity index (χ1n) is 2.86. The molecule has 0 aliphatic heterocycles. The number of aromatic hydroxyl groups is 2. The van der Waals surface area contributed by atoms with E-state index in [0.717, 1.165) is 0 Å². The first-order chi connectivity index (χ1) is 5.54. The first kappa shape index (κ1) is 11.4. The smallest absolute Gasteiger partial charge is 0.262 e. The number of rotatable bonds is 0. The number of benzene rings is 1. The first-order valence-corrected chi connectivity index (χ1v) is 4.44. The van der Waals surface area contributed by atoms with Crippen molar-refractivity contribution in [1.29, 1.82) is 0 Å². The van der Waals surface area contributed by atoms with Crippen molar-refractivity contribution in [2.24, 2.45) is 0 Å². The van der Waals surface area contributed by atoms with Crippen molar-refractivity contribution in [2.45, 2.75) is 0 Å². The molecule has 1 aromatic carbocycles. The molecule has 5 heteroatoms. The quantitative estimate of drug-likeness (QED) is 0.572. The molecule has 0 heterocycles. The highest BCUT2D eigenvalue weighted by molar-refractivity contribution is 9.39. The summed E-state index contributed by atoms with van der Waals surface area (Å²) in [5, 5.41) is 17.3. The highest BCUT2D eigenvalue weighted by atomic mass is 79.9. The summed E-state index contributed by atoms with van der Waals surface area (Å²) in [4.78, 5) is 9.28. The molecule has 0 spiro atoms. The maximum absolute atomic E-state index is 9.28. The summed E-state index contributed by atoms with van der Waals surface area (Å²) in [6, 6.07) is 6.15. The minimum absolute atomic E-state index is 0.0764. The third-order valence-electron chi connectivity index (χ3n) is 0.882. The molecule has 0 saturated carbocycles. The number of carbonyl (C=O) groups excluding carboxylic acids is 1. The number of halogens is 2. The maximum Gasteiger partial charge on any atom is 0.262 e. The van der Waals surface area contributed by atoms with Gasteiger partial charge in [0.15, 0.2) is 11.5 Å². The number of phenols is 2. The fraction of sp³-hybridized carbons (Fsp3) is 0. The van der Waals surface area contributed by atoms with Gasteiger partial charge in [-0.15, -0.1) is 0 Å². The minimum Gasteiger partial charge on any atom is -0.504 e. The molecule has 0 aliphatic rings. The van der Waals surface area contributed by atoms with E-state index in [9.17, 15) is 4.79 Å². The van der Waals surface area contributed by atoms with Gasteiger partial charge in [0.2, 0.25) is 0 Å². The van der Waals surface area contributed by atoms with Gasteiger partial charge in [-0.2, -0.15) is 0 Å². The zero-order chi connectivity index (χ0) is 9.56. The van der Waals surface area contributed by atoms with Crippen LogP contribution in [0, 0.1) is 0 Å². The molecule has 1 rings (SSSR count). The molecule has 1 aromatic rings. The molecule has 0 atom stereocenters. The lowest BCUT2D eigenvalue weighted by atomic mass is 10.3. The molecule has 0 aromatic heterocycles. The average molecular weight is 298 g/mol. The van der Waals surface area contributed by atoms with Crippen molar-refractivity contribution in [1.82, 2.24) is 0 Å². The zero-order valence-electron chi connectivity index (χ0n) is 5.87. The molecular formula is C7H6Br2O3. The SMILES string of the molecule is O=C(Br)Br.Oc1ccccc1O. The molecule has 0 unspecified atom stereocenters. The third-order valence-corrected chi connectivity index (χ3v) is 0.882. The zero-order valence-corrected chi connectivity index (χ0v) is 9.04. The lowest BCUT2D eigenvalue weighted by Gasteiger charge is -1.91. The van der Waals surface area contributed by atoms with Gasteiger partial charge in [0.1, 0.15) is 0 Å². The van der Waals surface area contributed by atoms with Crippen molar-refractivity contribution < 1.29 is 15.0 Å². The van der Waals surface area contributed by atoms with Crippen LogP contribution in [0.1, 0.15) is 0 Å². The van der Waals surface area contributed by atoms with E-state index in [2.05, 4.69) is 31.9 Å². The predicted molar refractivity (Wildman–Crippen MR) is 53.0 cm³/mol. The summed E-state index contributed by atoms with van der Waals surface area (Å²) in [5.41, 5.74) is 0. The summed E-state index contributed by atoms with van der Waals surface area (Å²) in [7, 11) is 0. The molecule has 0 radical (unpaired) electrons. The fourth-order valence-corrected chi connectivity index (χ4v) is 0.464. The Morgan fingerprint density at radius 2 is 1.33 bits per heavy atom. The van der Waals surface area contributed by atoms with Crippen molar-refractivity contribution >= 4 is 35.5 Å². The Bertz CT molecular complexity index is 238. The van der Waals surface area contributed by atoms with Gasteiger partial charge in [-0.1, -0.05) is 12.1 Å². The van der Waals surface area contributed by atoms with Gasteiger partial charge in [-0.3, -0.25) is 4.79 Å². The minimum atomic E-state index is -0.208. The van der Waals surface area contributed by atoms with Crippen LogP contribution in [-0.2, 0) is 0 Å². The maximum atomic E-state index is 9.28. The largest absolute Gasteiger partial charge is 0.504 e. The van der Waals surface area contributed by atoms with E-state index in [1.807, 2.05) is 0 Å². The van der Waals surface area contributed by atoms with E-state index in [4.69, 9.17) is 10.2 Å². The summed E-state index contributed by atoms with van der Waals surface area (Å²) in [5.74, 6) is -0.153. The molecule has 66 valence electrons. The molecule has 2 N–H and O–H groups in total. The van der Waals surface area contributed by atoms with Gasteiger partial charge in [0.25, 0.3) is 3.60 Å². The van der Waals surface area contributed by atoms with E-state index in [0.29, 0.717) is 0 Å². The van der Waals surface area contributed by atoms with Crippen molar-refractivity contribution in [2.75, 3.05) is 0 Å². The van der Waals surface area contributed by atoms with E-state index in [-0.39, 0.29) is 15.1 Å². The summed E-state index contributed by atoms with van der Waals surface area (Å²) < 4.78 is -0.208. The van der Waals surface area contributed by atoms with E-state index >= 15 is 0 Å². The second-order valence-corrected chi connectivity index (χ2v) is 4.22. The number of para-hydroxylation sites is 2. The Labute approximate surface area is 86.3 Å². The van der Waals surface area contributed by atoms with Crippen LogP contribution in [0.5, 0.6) is 11.5 Å². The molecule has 3 nitrogen and oxygen atoms in total. The van der Waals surface area contributed by atoms with Crippen LogP contribution < -0.4 is 0 Å². The number of carbonyl (C=O) groups is 1. The highest BCUT2D eigenvalue weighted by Crippen LogP contribution is 2.21. The summed E-state index contributed by atoms with van der Waals surface area (Å²) in [6.07, 6.45) is 0. The van der Waals surface area contributed by atoms with E-state index in [1.165, 1.54) is 12.1 Å². The van der Waals surface area contributed by atoms with Crippen molar-refractivity contribution in [3.63, 3.8) is 0 Å². The van der Waals surface area contributed by atoms with Crippen LogP contribution in [0.25, 0.3) is 0 Å². The molecule has 0 bridgehead atoms. The van der Waals surface area contributed by atoms with Crippen LogP contribution in [0.3, 0.4) is 0 Å². The van der Waals surface area contributed by atoms with Gasteiger partial charge in [-0.25, -0.2) is 0 Å². The topological polar surface area (TPSA) is 57.5 Å². The van der Waals surface area contributed by atoms with Crippen LogP contribution >= 0.6 is 31.9 Å². The third kappa shape index (κ3) is 6.18. The van der Waals surface area contributed by atoms with E-state index < -0.39 is 0 Å². The molecule has 12 heavy (non-hydrogen) atoms. The van der Waals surface area contributed by atoms with Gasteiger partial charge in [0, 0.05) is 31.9 Å². The highest BCUT2D eigenvalue weighted by Gasteiger charge is 1.90. The Kier molecular flexibility index (Phi) is 5.74. The standard InChI is InChI=1S/C6H6O2.CBr2O/c7-5-3-1-2-4-6(5)8;2-1(3)4/h1-4,7-8H;. The predicted octanol–water partition coefficient (Wildman–Crippen LogP) is 2.99. The number of hydrogen-bond donors (Lipinski definition) is 2. The number of hydrogen-bond acceptors (Lipinski definition) is 3.